The number of carbonyl (C=O) groups excluding carboxylic acids is 1. The molecule has 1 aliphatic heterocycles. The van der Waals surface area contributed by atoms with Crippen molar-refractivity contribution in [2.45, 2.75) is 31.8 Å². The van der Waals surface area contributed by atoms with Gasteiger partial charge in [0.05, 0.1) is 13.2 Å². The molecule has 5 heteroatoms. The zero-order valence-electron chi connectivity index (χ0n) is 11.2. The van der Waals surface area contributed by atoms with Gasteiger partial charge in [0.1, 0.15) is 0 Å². The fourth-order valence-electron chi connectivity index (χ4n) is 2.06. The van der Waals surface area contributed by atoms with Gasteiger partial charge in [-0.25, -0.2) is 0 Å². The number of hydrogen-bond donors (Lipinski definition) is 2. The monoisotopic (exact) mass is 243 g/mol. The third-order valence-corrected chi connectivity index (χ3v) is 3.28. The van der Waals surface area contributed by atoms with E-state index in [0.717, 1.165) is 13.0 Å². The quantitative estimate of drug-likeness (QED) is 0.636. The van der Waals surface area contributed by atoms with Gasteiger partial charge in [-0.3, -0.25) is 9.69 Å². The number of methoxy groups -OCH3 is 1. The molecule has 1 amide bonds. The number of piperidine rings is 1. The Morgan fingerprint density at radius 1 is 1.53 bits per heavy atom. The molecule has 1 rings (SSSR count). The van der Waals surface area contributed by atoms with Crippen molar-refractivity contribution in [3.8, 4) is 0 Å². The van der Waals surface area contributed by atoms with Gasteiger partial charge in [-0.1, -0.05) is 0 Å². The molecule has 2 unspecified atom stereocenters. The zero-order chi connectivity index (χ0) is 12.7. The molecule has 1 aliphatic rings. The number of carbonyl (C=O) groups is 1. The Labute approximate surface area is 104 Å². The molecule has 17 heavy (non-hydrogen) atoms. The molecule has 0 aliphatic carbocycles. The Bertz CT molecular complexity index is 228. The Balaban J connectivity index is 2.19. The van der Waals surface area contributed by atoms with Crippen LogP contribution in [0.15, 0.2) is 0 Å². The Kier molecular flexibility index (Phi) is 6.47. The Hall–Kier alpha value is -0.650. The number of rotatable bonds is 6. The first-order valence-electron chi connectivity index (χ1n) is 6.32. The van der Waals surface area contributed by atoms with E-state index in [4.69, 9.17) is 4.74 Å². The van der Waals surface area contributed by atoms with E-state index in [1.54, 1.807) is 7.11 Å². The highest BCUT2D eigenvalue weighted by molar-refractivity contribution is 5.77. The van der Waals surface area contributed by atoms with Crippen molar-refractivity contribution in [3.63, 3.8) is 0 Å². The van der Waals surface area contributed by atoms with Crippen molar-refractivity contribution < 1.29 is 9.53 Å². The highest BCUT2D eigenvalue weighted by Gasteiger charge is 2.22. The van der Waals surface area contributed by atoms with E-state index in [2.05, 4.69) is 22.5 Å². The second-order valence-electron chi connectivity index (χ2n) is 4.80. The van der Waals surface area contributed by atoms with Crippen molar-refractivity contribution in [2.75, 3.05) is 40.4 Å². The van der Waals surface area contributed by atoms with Gasteiger partial charge >= 0.3 is 0 Å². The van der Waals surface area contributed by atoms with Crippen molar-refractivity contribution in [1.82, 2.24) is 15.5 Å². The van der Waals surface area contributed by atoms with E-state index in [1.807, 2.05) is 7.05 Å². The summed E-state index contributed by atoms with van der Waals surface area (Å²) in [5, 5.41) is 6.28. The largest absolute Gasteiger partial charge is 0.383 e. The molecule has 100 valence electrons. The summed E-state index contributed by atoms with van der Waals surface area (Å²) in [7, 11) is 3.64. The molecule has 1 saturated heterocycles. The third-order valence-electron chi connectivity index (χ3n) is 3.28. The topological polar surface area (TPSA) is 53.6 Å². The molecule has 1 fully saturated rings. The van der Waals surface area contributed by atoms with E-state index >= 15 is 0 Å². The molecule has 1 heterocycles. The Morgan fingerprint density at radius 3 is 2.88 bits per heavy atom. The van der Waals surface area contributed by atoms with Crippen LogP contribution in [0.2, 0.25) is 0 Å². The molecule has 0 bridgehead atoms. The van der Waals surface area contributed by atoms with Gasteiger partial charge < -0.3 is 15.4 Å². The summed E-state index contributed by atoms with van der Waals surface area (Å²) < 4.78 is 4.89. The van der Waals surface area contributed by atoms with Crippen LogP contribution in [-0.2, 0) is 9.53 Å². The molecule has 2 atom stereocenters. The lowest BCUT2D eigenvalue weighted by Gasteiger charge is -2.33. The maximum Gasteiger partial charge on any atom is 0.234 e. The second kappa shape index (κ2) is 7.63. The number of nitrogens with one attached hydrogen (secondary N) is 2. The van der Waals surface area contributed by atoms with Gasteiger partial charge in [0.15, 0.2) is 0 Å². The van der Waals surface area contributed by atoms with Gasteiger partial charge in [0, 0.05) is 32.3 Å². The number of hydrogen-bond acceptors (Lipinski definition) is 4. The van der Waals surface area contributed by atoms with Crippen LogP contribution in [0.25, 0.3) is 0 Å². The van der Waals surface area contributed by atoms with Crippen LogP contribution in [0.5, 0.6) is 0 Å². The lowest BCUT2D eigenvalue weighted by atomic mass is 10.0. The number of amides is 1. The lowest BCUT2D eigenvalue weighted by molar-refractivity contribution is -0.122. The maximum atomic E-state index is 11.6. The minimum atomic E-state index is 0.0724. The first-order chi connectivity index (χ1) is 8.13. The molecule has 0 aromatic heterocycles. The van der Waals surface area contributed by atoms with Crippen LogP contribution in [0.1, 0.15) is 19.8 Å². The first-order valence-corrected chi connectivity index (χ1v) is 6.32. The summed E-state index contributed by atoms with van der Waals surface area (Å²) >= 11 is 0. The number of likely N-dealkylation sites (N-methyl/N-ethyl adjacent to an activating group) is 1. The summed E-state index contributed by atoms with van der Waals surface area (Å²) in [5.41, 5.74) is 0. The van der Waals surface area contributed by atoms with E-state index < -0.39 is 0 Å². The molecule has 0 saturated carbocycles. The number of ether oxygens (including phenoxy) is 1. The first kappa shape index (κ1) is 14.4. The highest BCUT2D eigenvalue weighted by Crippen LogP contribution is 2.11. The maximum absolute atomic E-state index is 11.6. The predicted octanol–water partition coefficient (Wildman–Crippen LogP) is -0.179. The summed E-state index contributed by atoms with van der Waals surface area (Å²) in [6.45, 7) is 4.79. The van der Waals surface area contributed by atoms with Crippen molar-refractivity contribution in [1.29, 1.82) is 0 Å². The molecule has 0 spiro atoms. The molecular formula is C12H25N3O2. The molecule has 0 aromatic carbocycles. The van der Waals surface area contributed by atoms with Gasteiger partial charge in [-0.05, 0) is 26.8 Å². The average molecular weight is 243 g/mol. The van der Waals surface area contributed by atoms with Gasteiger partial charge in [0.2, 0.25) is 5.91 Å². The van der Waals surface area contributed by atoms with Crippen LogP contribution < -0.4 is 10.6 Å². The van der Waals surface area contributed by atoms with Crippen molar-refractivity contribution in [3.05, 3.63) is 0 Å². The summed E-state index contributed by atoms with van der Waals surface area (Å²) in [6.07, 6.45) is 2.34. The molecule has 2 N–H and O–H groups in total. The van der Waals surface area contributed by atoms with Crippen LogP contribution >= 0.6 is 0 Å². The highest BCUT2D eigenvalue weighted by atomic mass is 16.5. The lowest BCUT2D eigenvalue weighted by Crippen LogP contribution is -2.50. The number of nitrogens with zero attached hydrogens (tertiary/aromatic N) is 1. The Morgan fingerprint density at radius 2 is 2.29 bits per heavy atom. The van der Waals surface area contributed by atoms with Crippen LogP contribution in [0, 0.1) is 0 Å². The van der Waals surface area contributed by atoms with Gasteiger partial charge in [0.25, 0.3) is 0 Å². The van der Waals surface area contributed by atoms with E-state index in [9.17, 15) is 4.79 Å². The van der Waals surface area contributed by atoms with Gasteiger partial charge in [-0.15, -0.1) is 0 Å². The summed E-state index contributed by atoms with van der Waals surface area (Å²) in [6, 6.07) is 1.08. The fraction of sp³-hybridized carbons (Fsp3) is 0.917. The minimum Gasteiger partial charge on any atom is -0.383 e. The van der Waals surface area contributed by atoms with Crippen LogP contribution in [0.4, 0.5) is 0 Å². The van der Waals surface area contributed by atoms with Crippen molar-refractivity contribution >= 4 is 5.91 Å². The molecule has 0 radical (unpaired) electrons. The normalized spacial score (nSPS) is 24.9. The van der Waals surface area contributed by atoms with Crippen LogP contribution in [0.3, 0.4) is 0 Å². The smallest absolute Gasteiger partial charge is 0.234 e. The third kappa shape index (κ3) is 5.48. The van der Waals surface area contributed by atoms with Gasteiger partial charge in [-0.2, -0.15) is 0 Å². The summed E-state index contributed by atoms with van der Waals surface area (Å²) in [5.74, 6) is 0.0724. The molecule has 5 nitrogen and oxygen atoms in total. The zero-order valence-corrected chi connectivity index (χ0v) is 11.2. The fourth-order valence-corrected chi connectivity index (χ4v) is 2.06. The van der Waals surface area contributed by atoms with Crippen molar-refractivity contribution in [2.24, 2.45) is 0 Å². The molecule has 0 aromatic rings. The van der Waals surface area contributed by atoms with Crippen LogP contribution in [-0.4, -0.2) is 63.3 Å². The minimum absolute atomic E-state index is 0.0724. The van der Waals surface area contributed by atoms with E-state index in [0.29, 0.717) is 31.8 Å². The average Bonchev–Trinajstić information content (AvgIpc) is 2.30. The standard InChI is InChI=1S/C12H25N3O2/c1-10-4-5-11(8-14-10)15(2)9-12(16)13-6-7-17-3/h10-11,14H,4-9H2,1-3H3,(H,13,16). The van der Waals surface area contributed by atoms with E-state index in [1.165, 1.54) is 6.42 Å². The van der Waals surface area contributed by atoms with E-state index in [-0.39, 0.29) is 5.91 Å². The SMILES string of the molecule is COCCNC(=O)CN(C)C1CCC(C)NC1. The second-order valence-corrected chi connectivity index (χ2v) is 4.80. The predicted molar refractivity (Wildman–Crippen MR) is 68.0 cm³/mol. The summed E-state index contributed by atoms with van der Waals surface area (Å²) in [4.78, 5) is 13.7. The molecular weight excluding hydrogens is 218 g/mol.